The standard InChI is InChI=1S/C20H28N6O2S/c21-13-10-28-6-4-15(13)23-17-8-11-9-22-26-20(27)18(11)19(25-17)24-14-2-1-3-16-12(14)5-7-29-16/h1-3,5,7,11,13,15,17-19,22-25H,4,6,8-10,21H2,(H,26,27)/t11?,13-,15+,17?,18?,19?/m0/s1. The van der Waals surface area contributed by atoms with Crippen molar-refractivity contribution in [3.8, 4) is 0 Å². The first-order chi connectivity index (χ1) is 14.2. The van der Waals surface area contributed by atoms with Gasteiger partial charge in [0, 0.05) is 41.0 Å². The van der Waals surface area contributed by atoms with Gasteiger partial charge in [-0.05, 0) is 42.3 Å². The second-order valence-electron chi connectivity index (χ2n) is 8.17. The van der Waals surface area contributed by atoms with Crippen molar-refractivity contribution < 1.29 is 9.53 Å². The fraction of sp³-hybridized carbons (Fsp3) is 0.550. The number of carbonyl (C=O) groups is 1. The second kappa shape index (κ2) is 8.17. The molecule has 4 heterocycles. The van der Waals surface area contributed by atoms with Gasteiger partial charge in [-0.3, -0.25) is 20.9 Å². The summed E-state index contributed by atoms with van der Waals surface area (Å²) in [6, 6.07) is 8.58. The number of nitrogens with one attached hydrogen (secondary N) is 5. The van der Waals surface area contributed by atoms with E-state index in [1.54, 1.807) is 11.3 Å². The van der Waals surface area contributed by atoms with Crippen LogP contribution in [0, 0.1) is 11.8 Å². The van der Waals surface area contributed by atoms with E-state index >= 15 is 0 Å². The Hall–Kier alpha value is -1.75. The Morgan fingerprint density at radius 2 is 2.21 bits per heavy atom. The number of piperidine rings is 1. The molecule has 29 heavy (non-hydrogen) atoms. The van der Waals surface area contributed by atoms with Gasteiger partial charge in [0.25, 0.3) is 0 Å². The van der Waals surface area contributed by atoms with Crippen LogP contribution < -0.4 is 32.5 Å². The number of nitrogens with two attached hydrogens (primary N) is 1. The van der Waals surface area contributed by atoms with Crippen LogP contribution >= 0.6 is 11.3 Å². The zero-order valence-corrected chi connectivity index (χ0v) is 17.0. The predicted octanol–water partition coefficient (Wildman–Crippen LogP) is 0.531. The molecular formula is C20H28N6O2S. The fourth-order valence-corrected chi connectivity index (χ4v) is 5.61. The molecule has 156 valence electrons. The van der Waals surface area contributed by atoms with Crippen LogP contribution in [0.15, 0.2) is 29.6 Å². The molecule has 0 radical (unpaired) electrons. The second-order valence-corrected chi connectivity index (χ2v) is 9.12. The van der Waals surface area contributed by atoms with Gasteiger partial charge in [0.15, 0.2) is 0 Å². The molecule has 1 amide bonds. The number of fused-ring (bicyclic) bond motifs is 2. The van der Waals surface area contributed by atoms with Crippen molar-refractivity contribution >= 4 is 33.0 Å². The molecule has 3 saturated heterocycles. The Morgan fingerprint density at radius 3 is 3.10 bits per heavy atom. The maximum absolute atomic E-state index is 12.7. The number of rotatable bonds is 4. The highest BCUT2D eigenvalue weighted by Crippen LogP contribution is 2.32. The highest BCUT2D eigenvalue weighted by Gasteiger charge is 2.44. The number of hydrogen-bond donors (Lipinski definition) is 6. The monoisotopic (exact) mass is 416 g/mol. The average Bonchev–Trinajstić information content (AvgIpc) is 3.20. The zero-order chi connectivity index (χ0) is 19.8. The van der Waals surface area contributed by atoms with E-state index < -0.39 is 0 Å². The highest BCUT2D eigenvalue weighted by molar-refractivity contribution is 7.17. The molecule has 3 aliphatic rings. The fourth-order valence-electron chi connectivity index (χ4n) is 4.80. The normalized spacial score (nSPS) is 35.1. The summed E-state index contributed by atoms with van der Waals surface area (Å²) in [6.45, 7) is 2.08. The number of amides is 1. The zero-order valence-electron chi connectivity index (χ0n) is 16.2. The van der Waals surface area contributed by atoms with E-state index in [-0.39, 0.29) is 42.2 Å². The molecule has 6 atom stereocenters. The van der Waals surface area contributed by atoms with E-state index in [2.05, 4.69) is 56.4 Å². The van der Waals surface area contributed by atoms with Gasteiger partial charge in [0.1, 0.15) is 0 Å². The minimum absolute atomic E-state index is 0.0120. The van der Waals surface area contributed by atoms with E-state index in [1.165, 1.54) is 10.1 Å². The molecule has 7 N–H and O–H groups in total. The van der Waals surface area contributed by atoms with Crippen molar-refractivity contribution in [3.05, 3.63) is 29.6 Å². The molecule has 9 heteroatoms. The summed E-state index contributed by atoms with van der Waals surface area (Å²) in [4.78, 5) is 12.7. The average molecular weight is 417 g/mol. The lowest BCUT2D eigenvalue weighted by molar-refractivity contribution is -0.133. The first-order valence-corrected chi connectivity index (χ1v) is 11.2. The number of hydrazine groups is 1. The number of benzene rings is 1. The molecule has 4 unspecified atom stereocenters. The minimum atomic E-state index is -0.171. The van der Waals surface area contributed by atoms with Crippen LogP contribution in [-0.2, 0) is 9.53 Å². The maximum Gasteiger partial charge on any atom is 0.240 e. The van der Waals surface area contributed by atoms with Crippen LogP contribution in [0.3, 0.4) is 0 Å². The van der Waals surface area contributed by atoms with Crippen molar-refractivity contribution in [2.24, 2.45) is 17.6 Å². The SMILES string of the molecule is N[C@H]1COCC[C@H]1NC1CC2CNNC(=O)C2C(Nc2cccc3sccc23)N1. The third kappa shape index (κ3) is 3.86. The van der Waals surface area contributed by atoms with Crippen LogP contribution in [-0.4, -0.2) is 50.1 Å². The molecule has 3 fully saturated rings. The molecule has 3 aliphatic heterocycles. The summed E-state index contributed by atoms with van der Waals surface area (Å²) in [5.74, 6) is 0.120. The smallest absolute Gasteiger partial charge is 0.240 e. The van der Waals surface area contributed by atoms with E-state index in [9.17, 15) is 4.79 Å². The molecule has 0 saturated carbocycles. The van der Waals surface area contributed by atoms with E-state index in [1.807, 2.05) is 0 Å². The predicted molar refractivity (Wildman–Crippen MR) is 114 cm³/mol. The molecule has 1 aromatic heterocycles. The number of thiophene rings is 1. The van der Waals surface area contributed by atoms with Gasteiger partial charge in [-0.25, -0.2) is 5.43 Å². The van der Waals surface area contributed by atoms with Crippen molar-refractivity contribution in [3.63, 3.8) is 0 Å². The molecule has 2 aromatic rings. The molecule has 1 aromatic carbocycles. The molecule has 0 bridgehead atoms. The van der Waals surface area contributed by atoms with Gasteiger partial charge >= 0.3 is 0 Å². The lowest BCUT2D eigenvalue weighted by atomic mass is 9.80. The first-order valence-electron chi connectivity index (χ1n) is 10.3. The van der Waals surface area contributed by atoms with Crippen LogP contribution in [0.25, 0.3) is 10.1 Å². The van der Waals surface area contributed by atoms with Crippen molar-refractivity contribution in [1.82, 2.24) is 21.5 Å². The van der Waals surface area contributed by atoms with Crippen LogP contribution in [0.1, 0.15) is 12.8 Å². The summed E-state index contributed by atoms with van der Waals surface area (Å²) < 4.78 is 6.71. The van der Waals surface area contributed by atoms with Gasteiger partial charge in [0.2, 0.25) is 5.91 Å². The summed E-state index contributed by atoms with van der Waals surface area (Å²) in [5, 5.41) is 14.3. The topological polar surface area (TPSA) is 112 Å². The van der Waals surface area contributed by atoms with Crippen molar-refractivity contribution in [2.45, 2.75) is 37.3 Å². The number of anilines is 1. The largest absolute Gasteiger partial charge is 0.380 e. The summed E-state index contributed by atoms with van der Waals surface area (Å²) >= 11 is 1.72. The van der Waals surface area contributed by atoms with Crippen LogP contribution in [0.2, 0.25) is 0 Å². The van der Waals surface area contributed by atoms with Crippen molar-refractivity contribution in [1.29, 1.82) is 0 Å². The molecule has 5 rings (SSSR count). The van der Waals surface area contributed by atoms with Gasteiger partial charge in [-0.1, -0.05) is 6.07 Å². The Kier molecular flexibility index (Phi) is 5.42. The summed E-state index contributed by atoms with van der Waals surface area (Å²) in [6.07, 6.45) is 1.68. The number of hydrogen-bond acceptors (Lipinski definition) is 8. The van der Waals surface area contributed by atoms with Crippen LogP contribution in [0.5, 0.6) is 0 Å². The maximum atomic E-state index is 12.7. The quantitative estimate of drug-likeness (QED) is 0.431. The Morgan fingerprint density at radius 1 is 1.28 bits per heavy atom. The lowest BCUT2D eigenvalue weighted by Gasteiger charge is -2.46. The highest BCUT2D eigenvalue weighted by atomic mass is 32.1. The molecule has 0 aliphatic carbocycles. The third-order valence-corrected chi connectivity index (χ3v) is 7.17. The van der Waals surface area contributed by atoms with Gasteiger partial charge in [-0.15, -0.1) is 11.3 Å². The summed E-state index contributed by atoms with van der Waals surface area (Å²) in [5.41, 5.74) is 13.2. The Balaban J connectivity index is 1.38. The number of ether oxygens (including phenoxy) is 1. The van der Waals surface area contributed by atoms with E-state index in [0.29, 0.717) is 6.61 Å². The van der Waals surface area contributed by atoms with Crippen molar-refractivity contribution in [2.75, 3.05) is 25.1 Å². The molecule has 0 spiro atoms. The summed E-state index contributed by atoms with van der Waals surface area (Å²) in [7, 11) is 0. The first kappa shape index (κ1) is 19.2. The Labute approximate surface area is 173 Å². The van der Waals surface area contributed by atoms with Gasteiger partial charge in [0.05, 0.1) is 24.9 Å². The van der Waals surface area contributed by atoms with Gasteiger partial charge < -0.3 is 15.8 Å². The molecular weight excluding hydrogens is 388 g/mol. The van der Waals surface area contributed by atoms with Crippen LogP contribution in [0.4, 0.5) is 5.69 Å². The minimum Gasteiger partial charge on any atom is -0.380 e. The number of carbonyl (C=O) groups excluding carboxylic acids is 1. The van der Waals surface area contributed by atoms with E-state index in [0.717, 1.165) is 31.7 Å². The Bertz CT molecular complexity index is 876. The lowest BCUT2D eigenvalue weighted by Crippen LogP contribution is -2.69. The van der Waals surface area contributed by atoms with Gasteiger partial charge in [-0.2, -0.15) is 0 Å². The third-order valence-electron chi connectivity index (χ3n) is 6.29. The van der Waals surface area contributed by atoms with E-state index in [4.69, 9.17) is 10.5 Å². The molecule has 8 nitrogen and oxygen atoms in total.